The molecule has 128 valence electrons. The number of carbonyl (C=O) groups is 1. The van der Waals surface area contributed by atoms with E-state index in [-0.39, 0.29) is 11.4 Å². The van der Waals surface area contributed by atoms with Gasteiger partial charge in [-0.3, -0.25) is 9.48 Å². The maximum absolute atomic E-state index is 12.4. The SMILES string of the molecule is Cc1ccc(CC2(NC(=O)CCc3c(C)nn(C)c3C)CC2)cc1. The molecule has 0 unspecified atom stereocenters. The van der Waals surface area contributed by atoms with Crippen LogP contribution in [0.2, 0.25) is 0 Å². The molecule has 0 radical (unpaired) electrons. The van der Waals surface area contributed by atoms with Crippen LogP contribution >= 0.6 is 0 Å². The molecule has 1 aliphatic carbocycles. The van der Waals surface area contributed by atoms with Gasteiger partial charge in [-0.2, -0.15) is 5.10 Å². The maximum atomic E-state index is 12.4. The van der Waals surface area contributed by atoms with Gasteiger partial charge >= 0.3 is 0 Å². The molecule has 1 aromatic heterocycles. The van der Waals surface area contributed by atoms with E-state index in [1.54, 1.807) is 0 Å². The molecule has 1 amide bonds. The fraction of sp³-hybridized carbons (Fsp3) is 0.500. The largest absolute Gasteiger partial charge is 0.350 e. The van der Waals surface area contributed by atoms with Crippen molar-refractivity contribution in [1.29, 1.82) is 0 Å². The molecule has 4 nitrogen and oxygen atoms in total. The van der Waals surface area contributed by atoms with Crippen molar-refractivity contribution in [2.75, 3.05) is 0 Å². The van der Waals surface area contributed by atoms with Crippen molar-refractivity contribution in [2.45, 2.75) is 58.4 Å². The zero-order valence-electron chi connectivity index (χ0n) is 15.1. The summed E-state index contributed by atoms with van der Waals surface area (Å²) in [5.41, 5.74) is 5.96. The van der Waals surface area contributed by atoms with Crippen LogP contribution in [0.5, 0.6) is 0 Å². The number of carbonyl (C=O) groups excluding carboxylic acids is 1. The number of hydrogen-bond acceptors (Lipinski definition) is 2. The van der Waals surface area contributed by atoms with Gasteiger partial charge in [-0.25, -0.2) is 0 Å². The standard InChI is InChI=1S/C20H27N3O/c1-14-5-7-17(8-6-14)13-20(11-12-20)21-19(24)10-9-18-15(2)22-23(4)16(18)3/h5-8H,9-13H2,1-4H3,(H,21,24). The molecule has 0 spiro atoms. The van der Waals surface area contributed by atoms with Gasteiger partial charge in [-0.1, -0.05) is 29.8 Å². The Kier molecular flexibility index (Phi) is 4.48. The van der Waals surface area contributed by atoms with E-state index >= 15 is 0 Å². The molecule has 0 atom stereocenters. The van der Waals surface area contributed by atoms with Gasteiger partial charge in [-0.05, 0) is 57.6 Å². The molecule has 1 aromatic carbocycles. The third-order valence-corrected chi connectivity index (χ3v) is 5.18. The highest BCUT2D eigenvalue weighted by Crippen LogP contribution is 2.38. The van der Waals surface area contributed by atoms with Crippen LogP contribution in [0.25, 0.3) is 0 Å². The summed E-state index contributed by atoms with van der Waals surface area (Å²) >= 11 is 0. The molecule has 1 saturated carbocycles. The molecular weight excluding hydrogens is 298 g/mol. The molecule has 24 heavy (non-hydrogen) atoms. The number of benzene rings is 1. The van der Waals surface area contributed by atoms with Gasteiger partial charge in [0.2, 0.25) is 5.91 Å². The van der Waals surface area contributed by atoms with Gasteiger partial charge in [0.05, 0.1) is 5.69 Å². The predicted octanol–water partition coefficient (Wildman–Crippen LogP) is 3.17. The monoisotopic (exact) mass is 325 g/mol. The lowest BCUT2D eigenvalue weighted by atomic mass is 10.0. The third-order valence-electron chi connectivity index (χ3n) is 5.18. The quantitative estimate of drug-likeness (QED) is 0.887. The van der Waals surface area contributed by atoms with E-state index in [4.69, 9.17) is 0 Å². The summed E-state index contributed by atoms with van der Waals surface area (Å²) in [4.78, 5) is 12.4. The first-order valence-electron chi connectivity index (χ1n) is 8.74. The number of nitrogens with zero attached hydrogens (tertiary/aromatic N) is 2. The zero-order valence-corrected chi connectivity index (χ0v) is 15.1. The molecule has 0 bridgehead atoms. The average molecular weight is 325 g/mol. The van der Waals surface area contributed by atoms with E-state index in [1.165, 1.54) is 16.7 Å². The van der Waals surface area contributed by atoms with Crippen LogP contribution in [0.1, 0.15) is 47.3 Å². The fourth-order valence-electron chi connectivity index (χ4n) is 3.37. The van der Waals surface area contributed by atoms with Crippen molar-refractivity contribution in [2.24, 2.45) is 7.05 Å². The molecule has 1 aliphatic rings. The van der Waals surface area contributed by atoms with Crippen LogP contribution in [0.15, 0.2) is 24.3 Å². The van der Waals surface area contributed by atoms with Gasteiger partial charge in [-0.15, -0.1) is 0 Å². The summed E-state index contributed by atoms with van der Waals surface area (Å²) < 4.78 is 1.89. The molecule has 1 heterocycles. The van der Waals surface area contributed by atoms with Gasteiger partial charge in [0, 0.05) is 24.7 Å². The van der Waals surface area contributed by atoms with Crippen LogP contribution in [-0.2, 0) is 24.7 Å². The predicted molar refractivity (Wildman–Crippen MR) is 96.0 cm³/mol. The van der Waals surface area contributed by atoms with Crippen LogP contribution in [0.3, 0.4) is 0 Å². The lowest BCUT2D eigenvalue weighted by Gasteiger charge is -2.18. The molecule has 2 aromatic rings. The van der Waals surface area contributed by atoms with Crippen LogP contribution in [0, 0.1) is 20.8 Å². The van der Waals surface area contributed by atoms with Crippen LogP contribution < -0.4 is 5.32 Å². The lowest BCUT2D eigenvalue weighted by Crippen LogP contribution is -2.38. The Hall–Kier alpha value is -2.10. The summed E-state index contributed by atoms with van der Waals surface area (Å²) in [7, 11) is 1.95. The normalized spacial score (nSPS) is 15.3. The first kappa shape index (κ1) is 16.7. The summed E-state index contributed by atoms with van der Waals surface area (Å²) in [6.07, 6.45) is 4.39. The van der Waals surface area contributed by atoms with Crippen molar-refractivity contribution in [1.82, 2.24) is 15.1 Å². The smallest absolute Gasteiger partial charge is 0.220 e. The van der Waals surface area contributed by atoms with Crippen LogP contribution in [0.4, 0.5) is 0 Å². The second kappa shape index (κ2) is 6.42. The Labute approximate surface area is 144 Å². The number of aryl methyl sites for hydroxylation is 3. The van der Waals surface area contributed by atoms with Gasteiger partial charge < -0.3 is 5.32 Å². The van der Waals surface area contributed by atoms with Gasteiger partial charge in [0.1, 0.15) is 0 Å². The molecule has 1 N–H and O–H groups in total. The number of hydrogen-bond donors (Lipinski definition) is 1. The summed E-state index contributed by atoms with van der Waals surface area (Å²) in [6.45, 7) is 6.17. The van der Waals surface area contributed by atoms with E-state index in [2.05, 4.69) is 48.5 Å². The molecule has 1 fully saturated rings. The van der Waals surface area contributed by atoms with Gasteiger partial charge in [0.25, 0.3) is 0 Å². The first-order valence-corrected chi connectivity index (χ1v) is 8.74. The number of rotatable bonds is 6. The highest BCUT2D eigenvalue weighted by Gasteiger charge is 2.43. The van der Waals surface area contributed by atoms with Crippen molar-refractivity contribution >= 4 is 5.91 Å². The Bertz CT molecular complexity index is 739. The summed E-state index contributed by atoms with van der Waals surface area (Å²) in [6, 6.07) is 8.62. The Morgan fingerprint density at radius 1 is 1.21 bits per heavy atom. The van der Waals surface area contributed by atoms with E-state index in [9.17, 15) is 4.79 Å². The van der Waals surface area contributed by atoms with E-state index in [1.807, 2.05) is 18.7 Å². The van der Waals surface area contributed by atoms with Gasteiger partial charge in [0.15, 0.2) is 0 Å². The summed E-state index contributed by atoms with van der Waals surface area (Å²) in [5.74, 6) is 0.155. The lowest BCUT2D eigenvalue weighted by molar-refractivity contribution is -0.122. The van der Waals surface area contributed by atoms with E-state index < -0.39 is 0 Å². The fourth-order valence-corrected chi connectivity index (χ4v) is 3.37. The molecule has 3 rings (SSSR count). The highest BCUT2D eigenvalue weighted by molar-refractivity contribution is 5.77. The molecular formula is C20H27N3O. The number of aromatic nitrogens is 2. The topological polar surface area (TPSA) is 46.9 Å². The minimum atomic E-state index is -0.00856. The van der Waals surface area contributed by atoms with Crippen molar-refractivity contribution in [3.63, 3.8) is 0 Å². The van der Waals surface area contributed by atoms with Crippen molar-refractivity contribution in [3.8, 4) is 0 Å². The second-order valence-corrected chi connectivity index (χ2v) is 7.26. The maximum Gasteiger partial charge on any atom is 0.220 e. The summed E-state index contributed by atoms with van der Waals surface area (Å²) in [5, 5.41) is 7.70. The number of nitrogens with one attached hydrogen (secondary N) is 1. The molecule has 0 saturated heterocycles. The second-order valence-electron chi connectivity index (χ2n) is 7.26. The minimum Gasteiger partial charge on any atom is -0.350 e. The van der Waals surface area contributed by atoms with Crippen LogP contribution in [-0.4, -0.2) is 21.2 Å². The Balaban J connectivity index is 1.55. The first-order chi connectivity index (χ1) is 11.4. The zero-order chi connectivity index (χ0) is 17.3. The molecule has 4 heteroatoms. The third kappa shape index (κ3) is 3.69. The minimum absolute atomic E-state index is 0.00856. The van der Waals surface area contributed by atoms with Crippen molar-refractivity contribution < 1.29 is 4.79 Å². The van der Waals surface area contributed by atoms with E-state index in [0.29, 0.717) is 6.42 Å². The molecule has 0 aliphatic heterocycles. The van der Waals surface area contributed by atoms with E-state index in [0.717, 1.165) is 37.1 Å². The highest BCUT2D eigenvalue weighted by atomic mass is 16.1. The van der Waals surface area contributed by atoms with Crippen molar-refractivity contribution in [3.05, 3.63) is 52.3 Å². The average Bonchev–Trinajstić information content (AvgIpc) is 3.23. The number of amides is 1. The Morgan fingerprint density at radius 2 is 1.88 bits per heavy atom. The Morgan fingerprint density at radius 3 is 2.42 bits per heavy atom.